The van der Waals surface area contributed by atoms with Crippen LogP contribution in [-0.4, -0.2) is 24.0 Å². The largest absolute Gasteiger partial charge is 0.361 e. The van der Waals surface area contributed by atoms with Crippen LogP contribution < -0.4 is 10.6 Å². The molecule has 15 heavy (non-hydrogen) atoms. The van der Waals surface area contributed by atoms with Crippen molar-refractivity contribution in [2.24, 2.45) is 0 Å². The second-order valence-corrected chi connectivity index (χ2v) is 3.61. The molecular weight excluding hydrogens is 258 g/mol. The van der Waals surface area contributed by atoms with Crippen molar-refractivity contribution in [1.29, 1.82) is 0 Å². The molecule has 0 aliphatic heterocycles. The second kappa shape index (κ2) is 6.04. The number of nitrogens with one attached hydrogen (secondary N) is 2. The topological polar surface area (TPSA) is 54.0 Å². The van der Waals surface area contributed by atoms with Crippen molar-refractivity contribution in [1.82, 2.24) is 10.3 Å². The number of hydrogen-bond donors (Lipinski definition) is 2. The number of anilines is 1. The molecule has 1 aromatic rings. The van der Waals surface area contributed by atoms with Gasteiger partial charge in [0.05, 0.1) is 13.1 Å². The highest BCUT2D eigenvalue weighted by molar-refractivity contribution is 9.10. The smallest absolute Gasteiger partial charge is 0.240 e. The lowest BCUT2D eigenvalue weighted by atomic mass is 10.4. The Kier molecular flexibility index (Phi) is 4.64. The van der Waals surface area contributed by atoms with Crippen LogP contribution in [0, 0.1) is 12.3 Å². The summed E-state index contributed by atoms with van der Waals surface area (Å²) in [5.41, 5.74) is 0. The Hall–Kier alpha value is -1.54. The van der Waals surface area contributed by atoms with E-state index < -0.39 is 0 Å². The quantitative estimate of drug-likeness (QED) is 0.801. The Bertz CT molecular complexity index is 386. The molecule has 0 spiro atoms. The number of carbonyl (C=O) groups is 1. The van der Waals surface area contributed by atoms with Gasteiger partial charge in [-0.3, -0.25) is 4.79 Å². The minimum absolute atomic E-state index is 0.158. The summed E-state index contributed by atoms with van der Waals surface area (Å²) in [5.74, 6) is 2.80. The van der Waals surface area contributed by atoms with Crippen molar-refractivity contribution in [3.05, 3.63) is 22.8 Å². The van der Waals surface area contributed by atoms with Crippen LogP contribution in [0.15, 0.2) is 22.8 Å². The Morgan fingerprint density at radius 3 is 3.13 bits per heavy atom. The number of amides is 1. The van der Waals surface area contributed by atoms with Crippen LogP contribution in [0.25, 0.3) is 0 Å². The molecule has 1 amide bonds. The summed E-state index contributed by atoms with van der Waals surface area (Å²) in [5, 5.41) is 5.41. The van der Waals surface area contributed by atoms with Crippen LogP contribution in [0.5, 0.6) is 0 Å². The van der Waals surface area contributed by atoms with Crippen molar-refractivity contribution in [3.8, 4) is 12.3 Å². The Balaban J connectivity index is 2.37. The number of nitrogens with zero attached hydrogens (tertiary/aromatic N) is 1. The minimum atomic E-state index is -0.158. The number of pyridine rings is 1. The molecule has 0 fully saturated rings. The SMILES string of the molecule is C#CCNC(=O)CNc1cc(Br)ccn1. The number of hydrogen-bond acceptors (Lipinski definition) is 3. The van der Waals surface area contributed by atoms with E-state index in [2.05, 4.69) is 37.5 Å². The van der Waals surface area contributed by atoms with Crippen LogP contribution >= 0.6 is 15.9 Å². The van der Waals surface area contributed by atoms with Gasteiger partial charge < -0.3 is 10.6 Å². The van der Waals surface area contributed by atoms with Crippen LogP contribution in [0.4, 0.5) is 5.82 Å². The van der Waals surface area contributed by atoms with Crippen LogP contribution in [0.2, 0.25) is 0 Å². The highest BCUT2D eigenvalue weighted by Crippen LogP contribution is 2.11. The summed E-state index contributed by atoms with van der Waals surface area (Å²) in [6, 6.07) is 3.60. The van der Waals surface area contributed by atoms with Crippen molar-refractivity contribution < 1.29 is 4.79 Å². The Labute approximate surface area is 96.6 Å². The van der Waals surface area contributed by atoms with Crippen molar-refractivity contribution >= 4 is 27.7 Å². The van der Waals surface area contributed by atoms with Crippen molar-refractivity contribution in [2.75, 3.05) is 18.4 Å². The van der Waals surface area contributed by atoms with E-state index in [1.807, 2.05) is 6.07 Å². The number of aromatic nitrogens is 1. The van der Waals surface area contributed by atoms with E-state index in [9.17, 15) is 4.79 Å². The molecule has 0 radical (unpaired) electrons. The summed E-state index contributed by atoms with van der Waals surface area (Å²) >= 11 is 3.30. The van der Waals surface area contributed by atoms with E-state index in [-0.39, 0.29) is 19.0 Å². The van der Waals surface area contributed by atoms with E-state index >= 15 is 0 Å². The van der Waals surface area contributed by atoms with E-state index in [0.717, 1.165) is 4.47 Å². The molecule has 0 unspecified atom stereocenters. The maximum atomic E-state index is 11.2. The molecule has 0 bridgehead atoms. The molecule has 0 atom stereocenters. The maximum Gasteiger partial charge on any atom is 0.240 e. The number of terminal acetylenes is 1. The third kappa shape index (κ3) is 4.47. The van der Waals surface area contributed by atoms with Gasteiger partial charge in [0.25, 0.3) is 0 Å². The fourth-order valence-corrected chi connectivity index (χ4v) is 1.22. The fourth-order valence-electron chi connectivity index (χ4n) is 0.884. The van der Waals surface area contributed by atoms with Crippen molar-refractivity contribution in [2.45, 2.75) is 0 Å². The Morgan fingerprint density at radius 1 is 1.67 bits per heavy atom. The third-order valence-corrected chi connectivity index (χ3v) is 2.03. The summed E-state index contributed by atoms with van der Waals surface area (Å²) < 4.78 is 0.907. The molecule has 0 saturated heterocycles. The summed E-state index contributed by atoms with van der Waals surface area (Å²) in [4.78, 5) is 15.2. The Morgan fingerprint density at radius 2 is 2.47 bits per heavy atom. The molecule has 4 nitrogen and oxygen atoms in total. The summed E-state index contributed by atoms with van der Waals surface area (Å²) in [6.45, 7) is 0.400. The van der Waals surface area contributed by atoms with Gasteiger partial charge in [-0.1, -0.05) is 21.9 Å². The van der Waals surface area contributed by atoms with Gasteiger partial charge in [0, 0.05) is 10.7 Å². The first-order valence-corrected chi connectivity index (χ1v) is 5.07. The molecule has 2 N–H and O–H groups in total. The highest BCUT2D eigenvalue weighted by Gasteiger charge is 2.00. The lowest BCUT2D eigenvalue weighted by Gasteiger charge is -2.05. The molecule has 78 valence electrons. The lowest BCUT2D eigenvalue weighted by Crippen LogP contribution is -2.30. The van der Waals surface area contributed by atoms with Gasteiger partial charge in [-0.05, 0) is 12.1 Å². The maximum absolute atomic E-state index is 11.2. The van der Waals surface area contributed by atoms with E-state index in [0.29, 0.717) is 5.82 Å². The van der Waals surface area contributed by atoms with E-state index in [1.165, 1.54) is 0 Å². The summed E-state index contributed by atoms with van der Waals surface area (Å²) in [6.07, 6.45) is 6.64. The van der Waals surface area contributed by atoms with E-state index in [1.54, 1.807) is 12.3 Å². The average molecular weight is 268 g/mol. The van der Waals surface area contributed by atoms with Gasteiger partial charge in [0.2, 0.25) is 5.91 Å². The predicted octanol–water partition coefficient (Wildman–Crippen LogP) is 1.01. The van der Waals surface area contributed by atoms with Gasteiger partial charge in [0.15, 0.2) is 0 Å². The minimum Gasteiger partial charge on any atom is -0.361 e. The first-order chi connectivity index (χ1) is 7.22. The molecule has 0 aromatic carbocycles. The van der Waals surface area contributed by atoms with E-state index in [4.69, 9.17) is 6.42 Å². The molecular formula is C10H10BrN3O. The molecule has 0 aliphatic carbocycles. The zero-order valence-corrected chi connectivity index (χ0v) is 9.54. The number of carbonyl (C=O) groups excluding carboxylic acids is 1. The van der Waals surface area contributed by atoms with Crippen molar-refractivity contribution in [3.63, 3.8) is 0 Å². The third-order valence-electron chi connectivity index (χ3n) is 1.54. The normalized spacial score (nSPS) is 9.07. The molecule has 0 aliphatic rings. The standard InChI is InChI=1S/C10H10BrN3O/c1-2-4-13-10(15)7-14-9-6-8(11)3-5-12-9/h1,3,5-6H,4,7H2,(H,12,14)(H,13,15). The second-order valence-electron chi connectivity index (χ2n) is 2.69. The number of rotatable bonds is 4. The molecule has 0 saturated carbocycles. The monoisotopic (exact) mass is 267 g/mol. The fraction of sp³-hybridized carbons (Fsp3) is 0.200. The predicted molar refractivity (Wildman–Crippen MR) is 62.3 cm³/mol. The first-order valence-electron chi connectivity index (χ1n) is 4.28. The van der Waals surface area contributed by atoms with Gasteiger partial charge in [-0.25, -0.2) is 4.98 Å². The van der Waals surface area contributed by atoms with Gasteiger partial charge in [0.1, 0.15) is 5.82 Å². The lowest BCUT2D eigenvalue weighted by molar-refractivity contribution is -0.119. The first kappa shape index (κ1) is 11.5. The van der Waals surface area contributed by atoms with Gasteiger partial charge >= 0.3 is 0 Å². The molecule has 1 heterocycles. The van der Waals surface area contributed by atoms with Crippen LogP contribution in [0.3, 0.4) is 0 Å². The van der Waals surface area contributed by atoms with Gasteiger partial charge in [-0.2, -0.15) is 0 Å². The zero-order valence-electron chi connectivity index (χ0n) is 7.96. The van der Waals surface area contributed by atoms with Gasteiger partial charge in [-0.15, -0.1) is 6.42 Å². The molecule has 5 heteroatoms. The van der Waals surface area contributed by atoms with Crippen LogP contribution in [-0.2, 0) is 4.79 Å². The number of halogens is 1. The van der Waals surface area contributed by atoms with Crippen LogP contribution in [0.1, 0.15) is 0 Å². The zero-order chi connectivity index (χ0) is 11.1. The molecule has 1 aromatic heterocycles. The highest BCUT2D eigenvalue weighted by atomic mass is 79.9. The average Bonchev–Trinajstić information content (AvgIpc) is 2.23. The summed E-state index contributed by atoms with van der Waals surface area (Å²) in [7, 11) is 0. The molecule has 1 rings (SSSR count).